The molecular formula is C16H29NO6S. The highest BCUT2D eigenvalue weighted by Gasteiger charge is 2.23. The van der Waals surface area contributed by atoms with Gasteiger partial charge in [0.2, 0.25) is 0 Å². The van der Waals surface area contributed by atoms with Gasteiger partial charge < -0.3 is 14.8 Å². The molecule has 140 valence electrons. The summed E-state index contributed by atoms with van der Waals surface area (Å²) >= 11 is 0. The summed E-state index contributed by atoms with van der Waals surface area (Å²) in [6, 6.07) is -0.851. The number of alkyl carbamates (subject to hydrolysis) is 1. The zero-order chi connectivity index (χ0) is 19.2. The molecule has 0 unspecified atom stereocenters. The van der Waals surface area contributed by atoms with E-state index in [-0.39, 0.29) is 12.2 Å². The Hall–Kier alpha value is -1.57. The van der Waals surface area contributed by atoms with Crippen molar-refractivity contribution in [1.29, 1.82) is 0 Å². The van der Waals surface area contributed by atoms with E-state index in [2.05, 4.69) is 5.32 Å². The van der Waals surface area contributed by atoms with Gasteiger partial charge in [0.05, 0.1) is 18.2 Å². The lowest BCUT2D eigenvalue weighted by molar-refractivity contribution is -0.155. The Morgan fingerprint density at radius 2 is 1.54 bits per heavy atom. The fourth-order valence-corrected chi connectivity index (χ4v) is 2.12. The molecule has 1 atom stereocenters. The summed E-state index contributed by atoms with van der Waals surface area (Å²) in [4.78, 5) is 23.8. The van der Waals surface area contributed by atoms with Crippen molar-refractivity contribution in [3.63, 3.8) is 0 Å². The van der Waals surface area contributed by atoms with Crippen LogP contribution in [0.25, 0.3) is 0 Å². The van der Waals surface area contributed by atoms with Gasteiger partial charge in [-0.3, -0.25) is 4.79 Å². The Morgan fingerprint density at radius 1 is 1.04 bits per heavy atom. The third-order valence-corrected chi connectivity index (χ3v) is 3.81. The Kier molecular flexibility index (Phi) is 7.95. The lowest BCUT2D eigenvalue weighted by Gasteiger charge is -2.23. The zero-order valence-corrected chi connectivity index (χ0v) is 16.3. The maximum atomic E-state index is 11.9. The molecule has 0 aromatic heterocycles. The van der Waals surface area contributed by atoms with Gasteiger partial charge in [-0.1, -0.05) is 13.0 Å². The molecule has 0 spiro atoms. The molecule has 0 aliphatic carbocycles. The second kappa shape index (κ2) is 8.50. The molecule has 0 aliphatic heterocycles. The normalized spacial score (nSPS) is 14.3. The van der Waals surface area contributed by atoms with Crippen LogP contribution in [0.15, 0.2) is 11.5 Å². The Balaban J connectivity index is 5.09. The highest BCUT2D eigenvalue weighted by atomic mass is 32.2. The van der Waals surface area contributed by atoms with Gasteiger partial charge >= 0.3 is 12.1 Å². The summed E-state index contributed by atoms with van der Waals surface area (Å²) in [5, 5.41) is 3.46. The largest absolute Gasteiger partial charge is 0.460 e. The van der Waals surface area contributed by atoms with Crippen molar-refractivity contribution in [3.05, 3.63) is 11.5 Å². The summed E-state index contributed by atoms with van der Waals surface area (Å²) in [6.07, 6.45) is 0.313. The van der Waals surface area contributed by atoms with Crippen LogP contribution in [0.3, 0.4) is 0 Å². The number of rotatable bonds is 6. The van der Waals surface area contributed by atoms with Crippen LogP contribution in [-0.4, -0.2) is 43.5 Å². The van der Waals surface area contributed by atoms with E-state index >= 15 is 0 Å². The average Bonchev–Trinajstić information content (AvgIpc) is 2.31. The number of amides is 1. The lowest BCUT2D eigenvalue weighted by atomic mass is 10.1. The van der Waals surface area contributed by atoms with E-state index < -0.39 is 39.1 Å². The van der Waals surface area contributed by atoms with Gasteiger partial charge in [-0.2, -0.15) is 0 Å². The minimum atomic E-state index is -3.38. The van der Waals surface area contributed by atoms with E-state index in [9.17, 15) is 18.0 Å². The number of ether oxygens (including phenoxy) is 2. The molecule has 0 saturated heterocycles. The van der Waals surface area contributed by atoms with Gasteiger partial charge in [-0.05, 0) is 41.5 Å². The summed E-state index contributed by atoms with van der Waals surface area (Å²) in [6.45, 7) is 11.8. The van der Waals surface area contributed by atoms with Crippen molar-refractivity contribution >= 4 is 21.9 Å². The van der Waals surface area contributed by atoms with E-state index in [1.54, 1.807) is 41.5 Å². The van der Waals surface area contributed by atoms with Gasteiger partial charge in [0.1, 0.15) is 11.2 Å². The van der Waals surface area contributed by atoms with Gasteiger partial charge in [-0.25, -0.2) is 13.2 Å². The molecule has 0 aliphatic rings. The lowest BCUT2D eigenvalue weighted by Crippen LogP contribution is -2.40. The van der Waals surface area contributed by atoms with Crippen LogP contribution in [0.2, 0.25) is 0 Å². The van der Waals surface area contributed by atoms with Crippen LogP contribution < -0.4 is 5.32 Å². The third-order valence-electron chi connectivity index (χ3n) is 2.43. The van der Waals surface area contributed by atoms with Crippen molar-refractivity contribution in [2.24, 2.45) is 0 Å². The molecular weight excluding hydrogens is 334 g/mol. The minimum absolute atomic E-state index is 0.0743. The first kappa shape index (κ1) is 22.4. The minimum Gasteiger partial charge on any atom is -0.460 e. The molecule has 8 heteroatoms. The molecule has 24 heavy (non-hydrogen) atoms. The third kappa shape index (κ3) is 11.9. The number of sulfone groups is 1. The monoisotopic (exact) mass is 363 g/mol. The maximum Gasteiger partial charge on any atom is 0.408 e. The number of carbonyl (C=O) groups excluding carboxylic acids is 2. The first-order valence-electron chi connectivity index (χ1n) is 7.76. The quantitative estimate of drug-likeness (QED) is 0.728. The molecule has 0 aromatic carbocycles. The predicted octanol–water partition coefficient (Wildman–Crippen LogP) is 2.56. The molecule has 0 radical (unpaired) electrons. The van der Waals surface area contributed by atoms with Crippen molar-refractivity contribution in [1.82, 2.24) is 5.32 Å². The molecule has 0 aromatic rings. The maximum absolute atomic E-state index is 11.9. The second-order valence-corrected chi connectivity index (χ2v) is 9.50. The Bertz CT molecular complexity index is 536. The van der Waals surface area contributed by atoms with Crippen molar-refractivity contribution in [2.45, 2.75) is 72.1 Å². The van der Waals surface area contributed by atoms with Crippen LogP contribution in [0.5, 0.6) is 0 Å². The molecule has 1 N–H and O–H groups in total. The fourth-order valence-electron chi connectivity index (χ4n) is 1.50. The first-order valence-corrected chi connectivity index (χ1v) is 9.47. The molecule has 0 fully saturated rings. The number of esters is 1. The van der Waals surface area contributed by atoms with E-state index in [0.717, 1.165) is 5.41 Å². The van der Waals surface area contributed by atoms with Crippen molar-refractivity contribution in [3.8, 4) is 0 Å². The van der Waals surface area contributed by atoms with Crippen molar-refractivity contribution in [2.75, 3.05) is 5.75 Å². The SMILES string of the molecule is CCS(=O)(=O)/C=C/[C@H](CC(=O)OC(C)(C)C)NC(=O)OC(C)(C)C. The van der Waals surface area contributed by atoms with Crippen LogP contribution in [0.1, 0.15) is 54.9 Å². The summed E-state index contributed by atoms with van der Waals surface area (Å²) in [7, 11) is -3.38. The van der Waals surface area contributed by atoms with Gasteiger partial charge in [-0.15, -0.1) is 0 Å². The zero-order valence-electron chi connectivity index (χ0n) is 15.5. The number of carbonyl (C=O) groups is 2. The average molecular weight is 363 g/mol. The van der Waals surface area contributed by atoms with Gasteiger partial charge in [0.15, 0.2) is 9.84 Å². The molecule has 0 rings (SSSR count). The second-order valence-electron chi connectivity index (χ2n) is 7.32. The molecule has 7 nitrogen and oxygen atoms in total. The highest BCUT2D eigenvalue weighted by Crippen LogP contribution is 2.11. The molecule has 1 amide bonds. The van der Waals surface area contributed by atoms with Crippen LogP contribution >= 0.6 is 0 Å². The Morgan fingerprint density at radius 3 is 1.96 bits per heavy atom. The standard InChI is InChI=1S/C16H29NO6S/c1-8-24(20,21)10-9-12(11-13(18)22-15(2,3)4)17-14(19)23-16(5,6)7/h9-10,12H,8,11H2,1-7H3,(H,17,19)/b10-9+/t12-/m1/s1. The molecule has 0 saturated carbocycles. The number of hydrogen-bond acceptors (Lipinski definition) is 6. The summed E-state index contributed by atoms with van der Waals surface area (Å²) in [5.74, 6) is -0.628. The number of hydrogen-bond donors (Lipinski definition) is 1. The van der Waals surface area contributed by atoms with Crippen LogP contribution in [0, 0.1) is 0 Å². The van der Waals surface area contributed by atoms with E-state index in [1.807, 2.05) is 0 Å². The summed E-state index contributed by atoms with van der Waals surface area (Å²) in [5.41, 5.74) is -1.38. The highest BCUT2D eigenvalue weighted by molar-refractivity contribution is 7.94. The Labute approximate surface area is 144 Å². The molecule has 0 heterocycles. The van der Waals surface area contributed by atoms with Crippen molar-refractivity contribution < 1.29 is 27.5 Å². The van der Waals surface area contributed by atoms with Crippen LogP contribution in [-0.2, 0) is 24.1 Å². The smallest absolute Gasteiger partial charge is 0.408 e. The fraction of sp³-hybridized carbons (Fsp3) is 0.750. The van der Waals surface area contributed by atoms with E-state index in [0.29, 0.717) is 0 Å². The topological polar surface area (TPSA) is 98.8 Å². The van der Waals surface area contributed by atoms with Gasteiger partial charge in [0.25, 0.3) is 0 Å². The van der Waals surface area contributed by atoms with Crippen LogP contribution in [0.4, 0.5) is 4.79 Å². The predicted molar refractivity (Wildman–Crippen MR) is 92.2 cm³/mol. The summed E-state index contributed by atoms with van der Waals surface area (Å²) < 4.78 is 33.5. The van der Waals surface area contributed by atoms with E-state index in [4.69, 9.17) is 9.47 Å². The van der Waals surface area contributed by atoms with Gasteiger partial charge in [0, 0.05) is 5.41 Å². The van der Waals surface area contributed by atoms with E-state index in [1.165, 1.54) is 13.0 Å². The number of nitrogens with one attached hydrogen (secondary N) is 1. The first-order chi connectivity index (χ1) is 10.6. The molecule has 0 bridgehead atoms.